The molecular weight excluding hydrogens is 208 g/mol. The summed E-state index contributed by atoms with van der Waals surface area (Å²) >= 11 is 0. The van der Waals surface area contributed by atoms with Gasteiger partial charge in [-0.05, 0) is 44.7 Å². The van der Waals surface area contributed by atoms with E-state index in [4.69, 9.17) is 5.73 Å². The fourth-order valence-corrected chi connectivity index (χ4v) is 2.80. The lowest BCUT2D eigenvalue weighted by Gasteiger charge is -2.47. The summed E-state index contributed by atoms with van der Waals surface area (Å²) in [5, 5.41) is 0. The topological polar surface area (TPSA) is 29.3 Å². The number of hydrogen-bond donors (Lipinski definition) is 1. The van der Waals surface area contributed by atoms with E-state index in [1.54, 1.807) is 0 Å². The summed E-state index contributed by atoms with van der Waals surface area (Å²) in [6, 6.07) is 0. The Bertz CT molecular complexity index is 215. The summed E-state index contributed by atoms with van der Waals surface area (Å²) in [4.78, 5) is 2.65. The number of nitrogens with zero attached hydrogens (tertiary/aromatic N) is 1. The molecule has 1 atom stereocenters. The highest BCUT2D eigenvalue weighted by Crippen LogP contribution is 2.34. The first-order chi connectivity index (χ1) is 7.93. The summed E-state index contributed by atoms with van der Waals surface area (Å²) in [6.45, 7) is 12.7. The molecule has 2 N–H and O–H groups in total. The zero-order chi connectivity index (χ0) is 12.9. The lowest BCUT2D eigenvalue weighted by Crippen LogP contribution is -2.55. The van der Waals surface area contributed by atoms with Gasteiger partial charge in [-0.1, -0.05) is 40.0 Å². The molecule has 17 heavy (non-hydrogen) atoms. The van der Waals surface area contributed by atoms with Gasteiger partial charge in [-0.15, -0.1) is 0 Å². The van der Waals surface area contributed by atoms with Crippen molar-refractivity contribution < 1.29 is 0 Å². The van der Waals surface area contributed by atoms with Crippen LogP contribution in [0, 0.1) is 5.41 Å². The van der Waals surface area contributed by atoms with Gasteiger partial charge < -0.3 is 5.73 Å². The molecule has 0 aliphatic carbocycles. The summed E-state index contributed by atoms with van der Waals surface area (Å²) < 4.78 is 0. The summed E-state index contributed by atoms with van der Waals surface area (Å²) in [5.74, 6) is 0. The molecule has 0 aromatic heterocycles. The molecule has 1 fully saturated rings. The Hall–Kier alpha value is -0.0800. The van der Waals surface area contributed by atoms with Gasteiger partial charge in [0.1, 0.15) is 0 Å². The Labute approximate surface area is 108 Å². The predicted molar refractivity (Wildman–Crippen MR) is 76.2 cm³/mol. The van der Waals surface area contributed by atoms with E-state index in [9.17, 15) is 0 Å². The first-order valence-corrected chi connectivity index (χ1v) is 7.39. The van der Waals surface area contributed by atoms with Crippen molar-refractivity contribution in [1.29, 1.82) is 0 Å². The quantitative estimate of drug-likeness (QED) is 0.721. The van der Waals surface area contributed by atoms with Crippen LogP contribution in [0.15, 0.2) is 0 Å². The lowest BCUT2D eigenvalue weighted by atomic mass is 9.80. The first-order valence-electron chi connectivity index (χ1n) is 7.39. The molecule has 1 heterocycles. The summed E-state index contributed by atoms with van der Waals surface area (Å²) in [6.07, 6.45) is 7.86. The summed E-state index contributed by atoms with van der Waals surface area (Å²) in [5.41, 5.74) is 6.82. The van der Waals surface area contributed by atoms with Crippen molar-refractivity contribution in [3.8, 4) is 0 Å². The molecule has 0 saturated carbocycles. The van der Waals surface area contributed by atoms with Crippen molar-refractivity contribution >= 4 is 0 Å². The van der Waals surface area contributed by atoms with Gasteiger partial charge in [0.2, 0.25) is 0 Å². The van der Waals surface area contributed by atoms with Gasteiger partial charge in [0.15, 0.2) is 0 Å². The molecule has 0 amide bonds. The molecule has 1 unspecified atom stereocenters. The van der Waals surface area contributed by atoms with E-state index in [0.29, 0.717) is 5.41 Å². The molecule has 0 aromatic carbocycles. The molecule has 102 valence electrons. The van der Waals surface area contributed by atoms with E-state index in [-0.39, 0.29) is 5.54 Å². The average Bonchev–Trinajstić information content (AvgIpc) is 2.29. The first kappa shape index (κ1) is 15.0. The number of likely N-dealkylation sites (tertiary alicyclic amines) is 1. The second kappa shape index (κ2) is 6.19. The molecule has 1 aliphatic heterocycles. The van der Waals surface area contributed by atoms with Gasteiger partial charge in [-0.3, -0.25) is 4.90 Å². The van der Waals surface area contributed by atoms with Crippen LogP contribution in [0.25, 0.3) is 0 Å². The third-order valence-corrected chi connectivity index (χ3v) is 4.64. The molecule has 2 nitrogen and oxygen atoms in total. The fraction of sp³-hybridized carbons (Fsp3) is 1.00. The molecule has 0 bridgehead atoms. The maximum Gasteiger partial charge on any atom is 0.0303 e. The van der Waals surface area contributed by atoms with E-state index >= 15 is 0 Å². The third-order valence-electron chi connectivity index (χ3n) is 4.64. The Balaban J connectivity index is 2.49. The molecule has 1 aliphatic rings. The van der Waals surface area contributed by atoms with Crippen LogP contribution in [-0.2, 0) is 0 Å². The van der Waals surface area contributed by atoms with E-state index in [2.05, 4.69) is 32.6 Å². The van der Waals surface area contributed by atoms with Gasteiger partial charge in [-0.2, -0.15) is 0 Å². The van der Waals surface area contributed by atoms with Crippen LogP contribution >= 0.6 is 0 Å². The highest BCUT2D eigenvalue weighted by molar-refractivity contribution is 4.91. The standard InChI is InChI=1S/C15H32N2/c1-5-6-7-8-15(4,13-16)17-11-9-14(2,3)10-12-17/h5-13,16H2,1-4H3. The minimum absolute atomic E-state index is 0.242. The van der Waals surface area contributed by atoms with Crippen LogP contribution in [-0.4, -0.2) is 30.1 Å². The van der Waals surface area contributed by atoms with E-state index < -0.39 is 0 Å². The minimum Gasteiger partial charge on any atom is -0.329 e. The molecule has 0 spiro atoms. The number of rotatable bonds is 6. The Morgan fingerprint density at radius 2 is 1.76 bits per heavy atom. The van der Waals surface area contributed by atoms with Gasteiger partial charge in [0.25, 0.3) is 0 Å². The van der Waals surface area contributed by atoms with Gasteiger partial charge in [0, 0.05) is 12.1 Å². The van der Waals surface area contributed by atoms with Crippen LogP contribution in [0.3, 0.4) is 0 Å². The van der Waals surface area contributed by atoms with E-state index in [1.165, 1.54) is 51.6 Å². The zero-order valence-corrected chi connectivity index (χ0v) is 12.4. The summed E-state index contributed by atoms with van der Waals surface area (Å²) in [7, 11) is 0. The Morgan fingerprint density at radius 1 is 1.18 bits per heavy atom. The number of nitrogens with two attached hydrogens (primary N) is 1. The molecule has 0 aromatic rings. The molecule has 0 radical (unpaired) electrons. The molecular formula is C15H32N2. The SMILES string of the molecule is CCCCCC(C)(CN)N1CCC(C)(C)CC1. The molecule has 1 saturated heterocycles. The van der Waals surface area contributed by atoms with Crippen LogP contribution in [0.4, 0.5) is 0 Å². The van der Waals surface area contributed by atoms with Crippen molar-refractivity contribution in [3.05, 3.63) is 0 Å². The smallest absolute Gasteiger partial charge is 0.0303 e. The maximum absolute atomic E-state index is 6.05. The highest BCUT2D eigenvalue weighted by atomic mass is 15.2. The fourth-order valence-electron chi connectivity index (χ4n) is 2.80. The van der Waals surface area contributed by atoms with E-state index in [1.807, 2.05) is 0 Å². The number of unbranched alkanes of at least 4 members (excludes halogenated alkanes) is 2. The second-order valence-electron chi connectivity index (χ2n) is 6.81. The van der Waals surface area contributed by atoms with Crippen LogP contribution in [0.5, 0.6) is 0 Å². The van der Waals surface area contributed by atoms with Crippen molar-refractivity contribution in [1.82, 2.24) is 4.90 Å². The van der Waals surface area contributed by atoms with Gasteiger partial charge in [0.05, 0.1) is 0 Å². The molecule has 2 heteroatoms. The monoisotopic (exact) mass is 240 g/mol. The highest BCUT2D eigenvalue weighted by Gasteiger charge is 2.35. The van der Waals surface area contributed by atoms with Crippen molar-refractivity contribution in [3.63, 3.8) is 0 Å². The Kier molecular flexibility index (Phi) is 5.46. The van der Waals surface area contributed by atoms with Crippen molar-refractivity contribution in [2.75, 3.05) is 19.6 Å². The van der Waals surface area contributed by atoms with E-state index in [0.717, 1.165) is 6.54 Å². The van der Waals surface area contributed by atoms with Gasteiger partial charge >= 0.3 is 0 Å². The normalized spacial score (nSPS) is 24.5. The van der Waals surface area contributed by atoms with Crippen molar-refractivity contribution in [2.45, 2.75) is 71.8 Å². The van der Waals surface area contributed by atoms with Crippen molar-refractivity contribution in [2.24, 2.45) is 11.1 Å². The number of hydrogen-bond acceptors (Lipinski definition) is 2. The average molecular weight is 240 g/mol. The molecule has 1 rings (SSSR count). The maximum atomic E-state index is 6.05. The predicted octanol–water partition coefficient (Wildman–Crippen LogP) is 3.41. The Morgan fingerprint density at radius 3 is 2.24 bits per heavy atom. The van der Waals surface area contributed by atoms with Crippen LogP contribution in [0.2, 0.25) is 0 Å². The third kappa shape index (κ3) is 4.26. The largest absolute Gasteiger partial charge is 0.329 e. The number of piperidine rings is 1. The van der Waals surface area contributed by atoms with Crippen LogP contribution < -0.4 is 5.73 Å². The van der Waals surface area contributed by atoms with Gasteiger partial charge in [-0.25, -0.2) is 0 Å². The minimum atomic E-state index is 0.242. The van der Waals surface area contributed by atoms with Crippen LogP contribution in [0.1, 0.15) is 66.2 Å². The lowest BCUT2D eigenvalue weighted by molar-refractivity contribution is 0.0363. The second-order valence-corrected chi connectivity index (χ2v) is 6.81. The zero-order valence-electron chi connectivity index (χ0n) is 12.4.